The van der Waals surface area contributed by atoms with Gasteiger partial charge in [0.15, 0.2) is 0 Å². The molecule has 0 aliphatic rings. The van der Waals surface area contributed by atoms with Crippen LogP contribution in [0.1, 0.15) is 0 Å². The van der Waals surface area contributed by atoms with E-state index in [0.717, 1.165) is 15.8 Å². The summed E-state index contributed by atoms with van der Waals surface area (Å²) in [6, 6.07) is 23.7. The number of H-pyrrole nitrogens is 1. The molecule has 152 valence electrons. The third-order valence-corrected chi connectivity index (χ3v) is 5.02. The van der Waals surface area contributed by atoms with Crippen LogP contribution in [0.3, 0.4) is 0 Å². The minimum Gasteiger partial charge on any atom is -0.307 e. The normalized spacial score (nSPS) is 11.1. The first-order chi connectivity index (χ1) is 15.1. The molecule has 2 N–H and O–H groups in total. The van der Waals surface area contributed by atoms with E-state index >= 15 is 0 Å². The molecule has 5 rings (SSSR count). The number of aromatic amines is 1. The maximum atomic E-state index is 12.8. The van der Waals surface area contributed by atoms with Crippen LogP contribution in [-0.2, 0) is 11.3 Å². The molecule has 0 radical (unpaired) electrons. The number of imidazole rings is 1. The van der Waals surface area contributed by atoms with E-state index in [0.29, 0.717) is 22.4 Å². The van der Waals surface area contributed by atoms with Crippen LogP contribution in [0.4, 0.5) is 5.95 Å². The Morgan fingerprint density at radius 2 is 1.61 bits per heavy atom. The first-order valence-corrected chi connectivity index (χ1v) is 9.66. The van der Waals surface area contributed by atoms with E-state index in [2.05, 4.69) is 15.3 Å². The van der Waals surface area contributed by atoms with E-state index in [1.165, 1.54) is 0 Å². The van der Waals surface area contributed by atoms with Gasteiger partial charge >= 0.3 is 5.69 Å². The number of carbonyl (C=O) groups is 1. The second kappa shape index (κ2) is 7.42. The lowest BCUT2D eigenvalue weighted by Gasteiger charge is -2.11. The fraction of sp³-hybridized carbons (Fsp3) is 0.0435. The van der Waals surface area contributed by atoms with Gasteiger partial charge in [-0.05, 0) is 36.4 Å². The van der Waals surface area contributed by atoms with Gasteiger partial charge in [-0.3, -0.25) is 24.0 Å². The Labute approximate surface area is 175 Å². The second-order valence-corrected chi connectivity index (χ2v) is 7.01. The lowest BCUT2D eigenvalue weighted by atomic mass is 10.2. The highest BCUT2D eigenvalue weighted by Gasteiger charge is 2.16. The van der Waals surface area contributed by atoms with Crippen LogP contribution in [0.5, 0.6) is 0 Å². The van der Waals surface area contributed by atoms with Crippen LogP contribution in [-0.4, -0.2) is 25.0 Å². The van der Waals surface area contributed by atoms with Gasteiger partial charge in [0, 0.05) is 5.69 Å². The van der Waals surface area contributed by atoms with Crippen LogP contribution in [0, 0.1) is 0 Å². The minimum absolute atomic E-state index is 0.308. The van der Waals surface area contributed by atoms with Gasteiger partial charge in [0.2, 0.25) is 11.9 Å². The van der Waals surface area contributed by atoms with E-state index in [4.69, 9.17) is 0 Å². The van der Waals surface area contributed by atoms with Gasteiger partial charge in [0.25, 0.3) is 5.56 Å². The number of nitrogens with one attached hydrogen (secondary N) is 2. The number of benzene rings is 3. The molecule has 2 heterocycles. The maximum absolute atomic E-state index is 12.8. The van der Waals surface area contributed by atoms with Crippen molar-refractivity contribution < 1.29 is 4.79 Å². The number of nitrogens with zero attached hydrogens (tertiary/aromatic N) is 3. The zero-order valence-electron chi connectivity index (χ0n) is 16.3. The average Bonchev–Trinajstić information content (AvgIpc) is 3.15. The highest BCUT2D eigenvalue weighted by Crippen LogP contribution is 2.24. The van der Waals surface area contributed by atoms with Crippen molar-refractivity contribution in [1.29, 1.82) is 0 Å². The Hall–Kier alpha value is -4.46. The third-order valence-electron chi connectivity index (χ3n) is 5.02. The molecule has 0 fully saturated rings. The monoisotopic (exact) mass is 411 g/mol. The minimum atomic E-state index is -0.643. The summed E-state index contributed by atoms with van der Waals surface area (Å²) in [7, 11) is 0. The van der Waals surface area contributed by atoms with E-state index in [1.54, 1.807) is 24.3 Å². The zero-order chi connectivity index (χ0) is 21.4. The van der Waals surface area contributed by atoms with Gasteiger partial charge in [-0.25, -0.2) is 9.78 Å². The summed E-state index contributed by atoms with van der Waals surface area (Å²) in [5.41, 5.74) is 1.63. The molecule has 0 spiro atoms. The summed E-state index contributed by atoms with van der Waals surface area (Å²) < 4.78 is 2.70. The smallest absolute Gasteiger partial charge is 0.307 e. The quantitative estimate of drug-likeness (QED) is 0.475. The van der Waals surface area contributed by atoms with Crippen molar-refractivity contribution in [2.24, 2.45) is 0 Å². The maximum Gasteiger partial charge on any atom is 0.329 e. The van der Waals surface area contributed by atoms with Crippen molar-refractivity contribution in [3.8, 4) is 5.69 Å². The van der Waals surface area contributed by atoms with E-state index in [-0.39, 0.29) is 0 Å². The molecule has 0 aliphatic carbocycles. The molecule has 0 saturated carbocycles. The highest BCUT2D eigenvalue weighted by atomic mass is 16.2. The highest BCUT2D eigenvalue weighted by molar-refractivity contribution is 5.92. The molecule has 0 bridgehead atoms. The lowest BCUT2D eigenvalue weighted by molar-refractivity contribution is -0.116. The molecule has 8 nitrogen and oxygen atoms in total. The van der Waals surface area contributed by atoms with Crippen LogP contribution in [0.15, 0.2) is 88.5 Å². The van der Waals surface area contributed by atoms with Crippen LogP contribution in [0.25, 0.3) is 27.6 Å². The molecular weight excluding hydrogens is 394 g/mol. The van der Waals surface area contributed by atoms with Crippen molar-refractivity contribution in [1.82, 2.24) is 19.1 Å². The number of aromatic nitrogens is 4. The van der Waals surface area contributed by atoms with E-state index in [1.807, 2.05) is 59.2 Å². The first kappa shape index (κ1) is 18.6. The van der Waals surface area contributed by atoms with Crippen LogP contribution < -0.4 is 16.6 Å². The van der Waals surface area contributed by atoms with Crippen molar-refractivity contribution >= 4 is 33.8 Å². The molecule has 2 aromatic heterocycles. The largest absolute Gasteiger partial charge is 0.329 e. The van der Waals surface area contributed by atoms with Crippen LogP contribution >= 0.6 is 0 Å². The molecule has 0 saturated heterocycles. The Kier molecular flexibility index (Phi) is 4.44. The number of fused-ring (bicyclic) bond motifs is 2. The number of rotatable bonds is 4. The number of anilines is 1. The van der Waals surface area contributed by atoms with Gasteiger partial charge in [-0.2, -0.15) is 0 Å². The summed E-state index contributed by atoms with van der Waals surface area (Å²) >= 11 is 0. The van der Waals surface area contributed by atoms with Crippen molar-refractivity contribution in [3.63, 3.8) is 0 Å². The Bertz CT molecular complexity index is 1550. The fourth-order valence-electron chi connectivity index (χ4n) is 3.60. The average molecular weight is 411 g/mol. The number of hydrogen-bond donors (Lipinski definition) is 2. The SMILES string of the molecule is O=C(Cn1c(=O)[nH]c2ccccc2c1=O)Nc1nc2ccccc2n1-c1ccccc1. The van der Waals surface area contributed by atoms with Crippen LogP contribution in [0.2, 0.25) is 0 Å². The molecule has 0 aliphatic heterocycles. The standard InChI is InChI=1S/C23H17N5O3/c29-20(14-27-21(30)16-10-4-5-11-17(16)25-23(27)31)26-22-24-18-12-6-7-13-19(18)28(22)15-8-2-1-3-9-15/h1-13H,14H2,(H,25,31)(H,24,26,29). The molecule has 8 heteroatoms. The van der Waals surface area contributed by atoms with E-state index < -0.39 is 23.7 Å². The summed E-state index contributed by atoms with van der Waals surface area (Å²) in [6.45, 7) is -0.434. The summed E-state index contributed by atoms with van der Waals surface area (Å²) in [4.78, 5) is 45.0. The number of para-hydroxylation sites is 4. The van der Waals surface area contributed by atoms with Gasteiger partial charge < -0.3 is 4.98 Å². The third kappa shape index (κ3) is 3.29. The Morgan fingerprint density at radius 1 is 0.903 bits per heavy atom. The van der Waals surface area contributed by atoms with Gasteiger partial charge in [0.1, 0.15) is 6.54 Å². The number of carbonyl (C=O) groups excluding carboxylic acids is 1. The molecular formula is C23H17N5O3. The summed E-state index contributed by atoms with van der Waals surface area (Å²) in [5.74, 6) is -0.224. The van der Waals surface area contributed by atoms with Crippen molar-refractivity contribution in [2.75, 3.05) is 5.32 Å². The topological polar surface area (TPSA) is 102 Å². The van der Waals surface area contributed by atoms with Crippen molar-refractivity contribution in [3.05, 3.63) is 99.7 Å². The predicted molar refractivity (Wildman–Crippen MR) is 119 cm³/mol. The molecule has 1 amide bonds. The fourth-order valence-corrected chi connectivity index (χ4v) is 3.60. The molecule has 31 heavy (non-hydrogen) atoms. The predicted octanol–water partition coefficient (Wildman–Crippen LogP) is 2.67. The van der Waals surface area contributed by atoms with E-state index in [9.17, 15) is 14.4 Å². The van der Waals surface area contributed by atoms with Crippen molar-refractivity contribution in [2.45, 2.75) is 6.54 Å². The summed E-state index contributed by atoms with van der Waals surface area (Å²) in [6.07, 6.45) is 0. The summed E-state index contributed by atoms with van der Waals surface area (Å²) in [5, 5.41) is 3.09. The lowest BCUT2D eigenvalue weighted by Crippen LogP contribution is -2.38. The number of amides is 1. The first-order valence-electron chi connectivity index (χ1n) is 9.66. The molecule has 0 unspecified atom stereocenters. The zero-order valence-corrected chi connectivity index (χ0v) is 16.3. The molecule has 5 aromatic rings. The molecule has 0 atom stereocenters. The second-order valence-electron chi connectivity index (χ2n) is 7.01. The molecule has 3 aromatic carbocycles. The van der Waals surface area contributed by atoms with Gasteiger partial charge in [0.05, 0.1) is 21.9 Å². The van der Waals surface area contributed by atoms with Gasteiger partial charge in [-0.1, -0.05) is 42.5 Å². The van der Waals surface area contributed by atoms with Gasteiger partial charge in [-0.15, -0.1) is 0 Å². The number of hydrogen-bond acceptors (Lipinski definition) is 4. The Morgan fingerprint density at radius 3 is 2.45 bits per heavy atom. The Balaban J connectivity index is 1.53.